The van der Waals surface area contributed by atoms with Crippen molar-refractivity contribution in [2.45, 2.75) is 38.1 Å². The number of carbonyl (C=O) groups excluding carboxylic acids is 1. The van der Waals surface area contributed by atoms with Gasteiger partial charge in [-0.05, 0) is 36.1 Å². The van der Waals surface area contributed by atoms with E-state index in [2.05, 4.69) is 0 Å². The van der Waals surface area contributed by atoms with Crippen LogP contribution >= 0.6 is 0 Å². The second-order valence-electron chi connectivity index (χ2n) is 7.58. The quantitative estimate of drug-likeness (QED) is 0.482. The Morgan fingerprint density at radius 2 is 1.96 bits per heavy atom. The van der Waals surface area contributed by atoms with Crippen LogP contribution in [-0.4, -0.2) is 28.6 Å². The maximum Gasteiger partial charge on any atom is 0.338 e. The van der Waals surface area contributed by atoms with Crippen molar-refractivity contribution in [3.05, 3.63) is 69.5 Å². The van der Waals surface area contributed by atoms with Gasteiger partial charge < -0.3 is 9.84 Å². The van der Waals surface area contributed by atoms with E-state index < -0.39 is 17.9 Å². The van der Waals surface area contributed by atoms with Gasteiger partial charge >= 0.3 is 5.97 Å². The number of fused-ring (bicyclic) bond motifs is 2. The van der Waals surface area contributed by atoms with Crippen LogP contribution in [0.25, 0.3) is 10.8 Å². The molecule has 0 radical (unpaired) electrons. The lowest BCUT2D eigenvalue weighted by atomic mass is 9.69. The van der Waals surface area contributed by atoms with Crippen LogP contribution in [0.15, 0.2) is 53.8 Å². The molecule has 4 atom stereocenters. The first-order valence-electron chi connectivity index (χ1n) is 9.75. The Bertz CT molecular complexity index is 966. The summed E-state index contributed by atoms with van der Waals surface area (Å²) in [4.78, 5) is 24.6. The van der Waals surface area contributed by atoms with Gasteiger partial charge in [-0.3, -0.25) is 10.1 Å². The number of ether oxygens (including phenoxy) is 1. The molecule has 1 N–H and O–H groups in total. The molecule has 4 rings (SSSR count). The van der Waals surface area contributed by atoms with Crippen LogP contribution in [0.3, 0.4) is 0 Å². The fourth-order valence-electron chi connectivity index (χ4n) is 5.00. The Morgan fingerprint density at radius 1 is 1.21 bits per heavy atom. The van der Waals surface area contributed by atoms with Gasteiger partial charge in [-0.15, -0.1) is 0 Å². The molecule has 1 saturated carbocycles. The maximum absolute atomic E-state index is 12.7. The second-order valence-corrected chi connectivity index (χ2v) is 7.58. The topological polar surface area (TPSA) is 89.7 Å². The van der Waals surface area contributed by atoms with Gasteiger partial charge in [-0.1, -0.05) is 48.9 Å². The number of hydrogen-bond acceptors (Lipinski definition) is 5. The fourth-order valence-corrected chi connectivity index (χ4v) is 5.00. The summed E-state index contributed by atoms with van der Waals surface area (Å²) in [5, 5.41) is 25.0. The maximum atomic E-state index is 12.7. The lowest BCUT2D eigenvalue weighted by molar-refractivity contribution is -0.537. The van der Waals surface area contributed by atoms with E-state index in [1.165, 1.54) is 0 Å². The lowest BCUT2D eigenvalue weighted by Crippen LogP contribution is -2.44. The first-order chi connectivity index (χ1) is 13.5. The number of aliphatic hydroxyl groups excluding tert-OH is 1. The minimum Gasteiger partial charge on any atom is -0.511 e. The molecular formula is C22H23NO5. The van der Waals surface area contributed by atoms with E-state index in [0.29, 0.717) is 18.4 Å². The Labute approximate surface area is 163 Å². The highest BCUT2D eigenvalue weighted by Crippen LogP contribution is 2.51. The molecular weight excluding hydrogens is 358 g/mol. The summed E-state index contributed by atoms with van der Waals surface area (Å²) >= 11 is 0. The fraction of sp³-hybridized carbons (Fsp3) is 0.409. The van der Waals surface area contributed by atoms with E-state index in [1.807, 2.05) is 42.5 Å². The van der Waals surface area contributed by atoms with Gasteiger partial charge in [0, 0.05) is 16.8 Å². The zero-order valence-electron chi connectivity index (χ0n) is 15.7. The predicted molar refractivity (Wildman–Crippen MR) is 105 cm³/mol. The molecule has 0 unspecified atom stereocenters. The number of nitrogens with zero attached hydrogens (tertiary/aromatic N) is 1. The van der Waals surface area contributed by atoms with E-state index in [-0.39, 0.29) is 34.7 Å². The van der Waals surface area contributed by atoms with Crippen molar-refractivity contribution in [2.75, 3.05) is 6.61 Å². The van der Waals surface area contributed by atoms with Crippen LogP contribution in [0.5, 0.6) is 0 Å². The van der Waals surface area contributed by atoms with Gasteiger partial charge in [0.2, 0.25) is 6.04 Å². The molecule has 0 bridgehead atoms. The Balaban J connectivity index is 1.91. The van der Waals surface area contributed by atoms with Crippen LogP contribution in [0.4, 0.5) is 0 Å². The van der Waals surface area contributed by atoms with E-state index in [0.717, 1.165) is 17.2 Å². The molecule has 1 fully saturated rings. The number of carbonyl (C=O) groups is 1. The molecule has 2 aliphatic rings. The van der Waals surface area contributed by atoms with Crippen LogP contribution in [0.2, 0.25) is 0 Å². The minimum atomic E-state index is -0.955. The molecule has 2 aromatic rings. The van der Waals surface area contributed by atoms with Crippen molar-refractivity contribution < 1.29 is 19.6 Å². The van der Waals surface area contributed by atoms with Crippen molar-refractivity contribution in [1.82, 2.24) is 0 Å². The molecule has 0 aliphatic heterocycles. The third kappa shape index (κ3) is 2.93. The molecule has 2 aliphatic carbocycles. The molecule has 146 valence electrons. The zero-order valence-corrected chi connectivity index (χ0v) is 15.7. The molecule has 6 heteroatoms. The van der Waals surface area contributed by atoms with Gasteiger partial charge in [0.25, 0.3) is 0 Å². The largest absolute Gasteiger partial charge is 0.511 e. The third-order valence-electron chi connectivity index (χ3n) is 6.16. The van der Waals surface area contributed by atoms with Crippen LogP contribution in [-0.2, 0) is 9.53 Å². The monoisotopic (exact) mass is 381 g/mol. The minimum absolute atomic E-state index is 0.0165. The van der Waals surface area contributed by atoms with Gasteiger partial charge in [0.1, 0.15) is 5.76 Å². The molecule has 28 heavy (non-hydrogen) atoms. The Hall–Kier alpha value is -2.89. The molecule has 0 amide bonds. The zero-order chi connectivity index (χ0) is 19.8. The first kappa shape index (κ1) is 18.5. The molecule has 0 spiro atoms. The number of nitro groups is 1. The lowest BCUT2D eigenvalue weighted by Gasteiger charge is -2.35. The molecule has 6 nitrogen and oxygen atoms in total. The van der Waals surface area contributed by atoms with E-state index in [9.17, 15) is 20.0 Å². The number of esters is 1. The first-order valence-corrected chi connectivity index (χ1v) is 9.75. The van der Waals surface area contributed by atoms with Crippen molar-refractivity contribution in [1.29, 1.82) is 0 Å². The number of hydrogen-bond donors (Lipinski definition) is 1. The average molecular weight is 381 g/mol. The third-order valence-corrected chi connectivity index (χ3v) is 6.16. The normalized spacial score (nSPS) is 26.9. The summed E-state index contributed by atoms with van der Waals surface area (Å²) in [6.07, 6.45) is 2.15. The second kappa shape index (κ2) is 7.26. The van der Waals surface area contributed by atoms with Gasteiger partial charge in [0.05, 0.1) is 18.1 Å². The van der Waals surface area contributed by atoms with Gasteiger partial charge in [0.15, 0.2) is 0 Å². The average Bonchev–Trinajstić information content (AvgIpc) is 3.17. The summed E-state index contributed by atoms with van der Waals surface area (Å²) in [6.45, 7) is 1.84. The molecule has 0 saturated heterocycles. The van der Waals surface area contributed by atoms with E-state index in [1.54, 1.807) is 6.92 Å². The smallest absolute Gasteiger partial charge is 0.338 e. The van der Waals surface area contributed by atoms with Crippen LogP contribution < -0.4 is 0 Å². The highest BCUT2D eigenvalue weighted by Gasteiger charge is 2.55. The Morgan fingerprint density at radius 3 is 2.68 bits per heavy atom. The number of benzene rings is 2. The standard InChI is InChI=1S/C22H23NO5/c1-2-28-22(25)19-18(15-11-10-13-6-3-4-7-14(13)12-15)20(23(26)27)16-8-5-9-17(16)21(19)24/h3-4,6-7,10-12,16-18,20,24H,2,5,8-9H2,1H3/t16-,17+,18-,20+/m1/s1. The van der Waals surface area contributed by atoms with Crippen LogP contribution in [0, 0.1) is 22.0 Å². The van der Waals surface area contributed by atoms with Crippen molar-refractivity contribution in [3.8, 4) is 0 Å². The van der Waals surface area contributed by atoms with Crippen molar-refractivity contribution >= 4 is 16.7 Å². The summed E-state index contributed by atoms with van der Waals surface area (Å²) in [6, 6.07) is 12.4. The van der Waals surface area contributed by atoms with Crippen molar-refractivity contribution in [3.63, 3.8) is 0 Å². The van der Waals surface area contributed by atoms with E-state index >= 15 is 0 Å². The van der Waals surface area contributed by atoms with Crippen molar-refractivity contribution in [2.24, 2.45) is 11.8 Å². The molecule has 0 aromatic heterocycles. The summed E-state index contributed by atoms with van der Waals surface area (Å²) in [5.74, 6) is -2.11. The molecule has 2 aromatic carbocycles. The van der Waals surface area contributed by atoms with E-state index in [4.69, 9.17) is 4.74 Å². The predicted octanol–water partition coefficient (Wildman–Crippen LogP) is 4.37. The highest BCUT2D eigenvalue weighted by molar-refractivity contribution is 5.92. The molecule has 0 heterocycles. The summed E-state index contributed by atoms with van der Waals surface area (Å²) in [7, 11) is 0. The number of aliphatic hydroxyl groups is 1. The number of rotatable bonds is 4. The van der Waals surface area contributed by atoms with Gasteiger partial charge in [-0.25, -0.2) is 4.79 Å². The van der Waals surface area contributed by atoms with Gasteiger partial charge in [-0.2, -0.15) is 0 Å². The Kier molecular flexibility index (Phi) is 4.79. The SMILES string of the molecule is CCOC(=O)C1=C(O)[C@H]2CCC[C@H]2[C@H]([N+](=O)[O-])[C@@H]1c1ccc2ccccc2c1. The number of allylic oxidation sites excluding steroid dienone is 1. The summed E-state index contributed by atoms with van der Waals surface area (Å²) in [5.41, 5.74) is 0.724. The highest BCUT2D eigenvalue weighted by atomic mass is 16.6. The van der Waals surface area contributed by atoms with Crippen LogP contribution in [0.1, 0.15) is 37.7 Å². The summed E-state index contributed by atoms with van der Waals surface area (Å²) < 4.78 is 5.19.